The fourth-order valence-corrected chi connectivity index (χ4v) is 1.22. The van der Waals surface area contributed by atoms with Crippen molar-refractivity contribution in [3.63, 3.8) is 0 Å². The summed E-state index contributed by atoms with van der Waals surface area (Å²) in [6.07, 6.45) is -2.04. The maximum absolute atomic E-state index is 12.7. The molecule has 0 fully saturated rings. The van der Waals surface area contributed by atoms with Crippen molar-refractivity contribution in [3.05, 3.63) is 27.7 Å². The molecule has 0 spiro atoms. The Bertz CT molecular complexity index is 455. The van der Waals surface area contributed by atoms with Crippen LogP contribution in [-0.2, 0) is 4.74 Å². The largest absolute Gasteiger partial charge is 0.495 e. The fraction of sp³-hybridized carbons (Fsp3) is 0.333. The molecule has 1 N–H and O–H groups in total. The van der Waals surface area contributed by atoms with Gasteiger partial charge in [-0.15, -0.1) is 0 Å². The molecule has 1 rings (SSSR count). The molecule has 0 aliphatic rings. The van der Waals surface area contributed by atoms with Crippen LogP contribution >= 0.6 is 0 Å². The number of aromatic nitrogens is 1. The Kier molecular flexibility index (Phi) is 3.60. The second-order valence-electron chi connectivity index (χ2n) is 2.77. The number of nitrogens with one attached hydrogen (secondary N) is 1. The standard InChI is InChI=1S/C9H9F2NO4/c1-15-4-3-12-8(13)6(9(14)16-2)5(4)7(10)11/h3,7H,1-2H3,(H,12,13). The van der Waals surface area contributed by atoms with E-state index in [1.54, 1.807) is 0 Å². The molecule has 0 radical (unpaired) electrons. The lowest BCUT2D eigenvalue weighted by molar-refractivity contribution is 0.0585. The molecular formula is C9H9F2NO4. The van der Waals surface area contributed by atoms with Gasteiger partial charge in [-0.2, -0.15) is 0 Å². The fourth-order valence-electron chi connectivity index (χ4n) is 1.22. The third-order valence-corrected chi connectivity index (χ3v) is 1.92. The van der Waals surface area contributed by atoms with E-state index >= 15 is 0 Å². The van der Waals surface area contributed by atoms with E-state index in [-0.39, 0.29) is 5.75 Å². The molecule has 0 aromatic carbocycles. The zero-order valence-corrected chi connectivity index (χ0v) is 8.54. The van der Waals surface area contributed by atoms with Crippen molar-refractivity contribution in [3.8, 4) is 5.75 Å². The summed E-state index contributed by atoms with van der Waals surface area (Å²) in [6, 6.07) is 0. The van der Waals surface area contributed by atoms with Crippen LogP contribution in [0.1, 0.15) is 22.3 Å². The molecule has 0 atom stereocenters. The van der Waals surface area contributed by atoms with Gasteiger partial charge in [-0.1, -0.05) is 0 Å². The molecule has 5 nitrogen and oxygen atoms in total. The van der Waals surface area contributed by atoms with E-state index in [2.05, 4.69) is 14.5 Å². The second-order valence-corrected chi connectivity index (χ2v) is 2.77. The number of rotatable bonds is 3. The Morgan fingerprint density at radius 3 is 2.50 bits per heavy atom. The number of carbonyl (C=O) groups excluding carboxylic acids is 1. The summed E-state index contributed by atoms with van der Waals surface area (Å²) in [4.78, 5) is 24.6. The highest BCUT2D eigenvalue weighted by Crippen LogP contribution is 2.29. The number of carbonyl (C=O) groups is 1. The van der Waals surface area contributed by atoms with E-state index in [4.69, 9.17) is 0 Å². The lowest BCUT2D eigenvalue weighted by Gasteiger charge is -2.10. The number of esters is 1. The minimum Gasteiger partial charge on any atom is -0.495 e. The zero-order valence-electron chi connectivity index (χ0n) is 8.54. The van der Waals surface area contributed by atoms with Crippen LogP contribution in [0.5, 0.6) is 5.75 Å². The first kappa shape index (κ1) is 12.2. The van der Waals surface area contributed by atoms with Crippen LogP contribution in [0.25, 0.3) is 0 Å². The van der Waals surface area contributed by atoms with Crippen LogP contribution < -0.4 is 10.3 Å². The summed E-state index contributed by atoms with van der Waals surface area (Å²) in [5, 5.41) is 0. The number of alkyl halides is 2. The number of hydrogen-bond acceptors (Lipinski definition) is 4. The van der Waals surface area contributed by atoms with Crippen molar-refractivity contribution in [2.45, 2.75) is 6.43 Å². The molecule has 0 saturated heterocycles. The highest BCUT2D eigenvalue weighted by Gasteiger charge is 2.26. The van der Waals surface area contributed by atoms with Crippen molar-refractivity contribution in [1.82, 2.24) is 4.98 Å². The number of halogens is 2. The Morgan fingerprint density at radius 1 is 1.44 bits per heavy atom. The van der Waals surface area contributed by atoms with E-state index in [9.17, 15) is 18.4 Å². The maximum atomic E-state index is 12.7. The molecule has 0 unspecified atom stereocenters. The van der Waals surface area contributed by atoms with E-state index in [1.165, 1.54) is 0 Å². The van der Waals surface area contributed by atoms with Gasteiger partial charge in [0, 0.05) is 6.20 Å². The highest BCUT2D eigenvalue weighted by molar-refractivity contribution is 5.91. The lowest BCUT2D eigenvalue weighted by Crippen LogP contribution is -2.22. The Labute approximate surface area is 89.0 Å². The molecule has 0 saturated carbocycles. The molecule has 0 bridgehead atoms. The third kappa shape index (κ3) is 2.02. The number of H-pyrrole nitrogens is 1. The molecule has 1 aromatic rings. The van der Waals surface area contributed by atoms with Crippen molar-refractivity contribution in [1.29, 1.82) is 0 Å². The third-order valence-electron chi connectivity index (χ3n) is 1.92. The van der Waals surface area contributed by atoms with Gasteiger partial charge in [0.25, 0.3) is 12.0 Å². The average molecular weight is 233 g/mol. The molecule has 1 aromatic heterocycles. The maximum Gasteiger partial charge on any atom is 0.344 e. The minimum absolute atomic E-state index is 0.269. The Morgan fingerprint density at radius 2 is 2.06 bits per heavy atom. The minimum atomic E-state index is -3.01. The van der Waals surface area contributed by atoms with Crippen LogP contribution in [0.15, 0.2) is 11.0 Å². The van der Waals surface area contributed by atoms with E-state index in [0.717, 1.165) is 20.4 Å². The quantitative estimate of drug-likeness (QED) is 0.794. The Balaban J connectivity index is 3.54. The molecule has 1 heterocycles. The summed E-state index contributed by atoms with van der Waals surface area (Å²) in [6.45, 7) is 0. The van der Waals surface area contributed by atoms with E-state index in [0.29, 0.717) is 0 Å². The second kappa shape index (κ2) is 4.73. The van der Waals surface area contributed by atoms with E-state index < -0.39 is 29.1 Å². The smallest absolute Gasteiger partial charge is 0.344 e. The molecular weight excluding hydrogens is 224 g/mol. The van der Waals surface area contributed by atoms with E-state index in [1.807, 2.05) is 0 Å². The van der Waals surface area contributed by atoms with Gasteiger partial charge in [-0.3, -0.25) is 4.79 Å². The van der Waals surface area contributed by atoms with Gasteiger partial charge in [0.15, 0.2) is 0 Å². The first-order valence-corrected chi connectivity index (χ1v) is 4.19. The molecule has 0 aliphatic heterocycles. The summed E-state index contributed by atoms with van der Waals surface area (Å²) in [5.41, 5.74) is -2.45. The van der Waals surface area contributed by atoms with Crippen molar-refractivity contribution in [2.24, 2.45) is 0 Å². The summed E-state index contributed by atoms with van der Waals surface area (Å²) in [7, 11) is 2.15. The van der Waals surface area contributed by atoms with Crippen LogP contribution in [0.4, 0.5) is 8.78 Å². The van der Waals surface area contributed by atoms with Crippen molar-refractivity contribution >= 4 is 5.97 Å². The number of methoxy groups -OCH3 is 2. The lowest BCUT2D eigenvalue weighted by atomic mass is 10.1. The topological polar surface area (TPSA) is 68.4 Å². The summed E-state index contributed by atoms with van der Waals surface area (Å²) >= 11 is 0. The average Bonchev–Trinajstić information content (AvgIpc) is 2.27. The van der Waals surface area contributed by atoms with Gasteiger partial charge in [0.05, 0.1) is 19.8 Å². The summed E-state index contributed by atoms with van der Waals surface area (Å²) < 4.78 is 34.3. The SMILES string of the molecule is COC(=O)c1c(C(F)F)c(OC)c[nH]c1=O. The molecule has 0 aliphatic carbocycles. The Hall–Kier alpha value is -1.92. The number of aromatic amines is 1. The van der Waals surface area contributed by atoms with Crippen LogP contribution in [0.2, 0.25) is 0 Å². The van der Waals surface area contributed by atoms with Gasteiger partial charge >= 0.3 is 5.97 Å². The number of hydrogen-bond donors (Lipinski definition) is 1. The van der Waals surface area contributed by atoms with Gasteiger partial charge in [-0.25, -0.2) is 13.6 Å². The van der Waals surface area contributed by atoms with Gasteiger partial charge in [-0.05, 0) is 0 Å². The molecule has 7 heteroatoms. The number of ether oxygens (including phenoxy) is 2. The molecule has 16 heavy (non-hydrogen) atoms. The van der Waals surface area contributed by atoms with Crippen LogP contribution in [-0.4, -0.2) is 25.2 Å². The predicted octanol–water partition coefficient (Wildman–Crippen LogP) is 1.11. The van der Waals surface area contributed by atoms with Crippen LogP contribution in [0.3, 0.4) is 0 Å². The zero-order chi connectivity index (χ0) is 12.3. The molecule has 88 valence electrons. The summed E-state index contributed by atoms with van der Waals surface area (Å²) in [5.74, 6) is -1.40. The molecule has 0 amide bonds. The van der Waals surface area contributed by atoms with Crippen molar-refractivity contribution in [2.75, 3.05) is 14.2 Å². The number of pyridine rings is 1. The first-order valence-electron chi connectivity index (χ1n) is 4.19. The highest BCUT2D eigenvalue weighted by atomic mass is 19.3. The first-order chi connectivity index (χ1) is 7.52. The predicted molar refractivity (Wildman–Crippen MR) is 49.9 cm³/mol. The van der Waals surface area contributed by atoms with Gasteiger partial charge < -0.3 is 14.5 Å². The monoisotopic (exact) mass is 233 g/mol. The normalized spacial score (nSPS) is 10.3. The van der Waals surface area contributed by atoms with Gasteiger partial charge in [0.2, 0.25) is 0 Å². The van der Waals surface area contributed by atoms with Crippen molar-refractivity contribution < 1.29 is 23.0 Å². The van der Waals surface area contributed by atoms with Gasteiger partial charge in [0.1, 0.15) is 11.3 Å². The van der Waals surface area contributed by atoms with Crippen LogP contribution in [0, 0.1) is 0 Å².